The largest absolute Gasteiger partial charge is 0.315 e. The standard InChI is InChI=1S/C14H22N2O2S/c1-12-9-15-7-8-16(10-12)11-13-3-5-14(6-4-13)19(2,17)18/h3-6,12,15H,7-11H2,1-2H3. The van der Waals surface area contributed by atoms with Crippen LogP contribution in [0.3, 0.4) is 0 Å². The van der Waals surface area contributed by atoms with Gasteiger partial charge in [-0.15, -0.1) is 0 Å². The molecule has 2 rings (SSSR count). The van der Waals surface area contributed by atoms with Crippen LogP contribution < -0.4 is 5.32 Å². The Kier molecular flexibility index (Phi) is 4.60. The second-order valence-corrected chi connectivity index (χ2v) is 7.48. The zero-order valence-electron chi connectivity index (χ0n) is 11.6. The molecule has 19 heavy (non-hydrogen) atoms. The summed E-state index contributed by atoms with van der Waals surface area (Å²) in [6, 6.07) is 7.23. The molecule has 1 aliphatic rings. The number of nitrogens with zero attached hydrogens (tertiary/aromatic N) is 1. The van der Waals surface area contributed by atoms with Crippen LogP contribution >= 0.6 is 0 Å². The Morgan fingerprint density at radius 2 is 2.00 bits per heavy atom. The molecule has 5 heteroatoms. The molecule has 1 aliphatic heterocycles. The monoisotopic (exact) mass is 282 g/mol. The molecule has 0 spiro atoms. The zero-order valence-corrected chi connectivity index (χ0v) is 12.4. The van der Waals surface area contributed by atoms with E-state index in [0.29, 0.717) is 10.8 Å². The summed E-state index contributed by atoms with van der Waals surface area (Å²) >= 11 is 0. The molecule has 0 saturated carbocycles. The van der Waals surface area contributed by atoms with E-state index in [9.17, 15) is 8.42 Å². The molecule has 1 aromatic rings. The Hall–Kier alpha value is -0.910. The zero-order chi connectivity index (χ0) is 13.9. The van der Waals surface area contributed by atoms with E-state index in [1.807, 2.05) is 12.1 Å². The third-order valence-electron chi connectivity index (χ3n) is 3.43. The van der Waals surface area contributed by atoms with E-state index in [1.165, 1.54) is 11.8 Å². The number of rotatable bonds is 3. The average Bonchev–Trinajstić information content (AvgIpc) is 2.53. The summed E-state index contributed by atoms with van der Waals surface area (Å²) < 4.78 is 22.8. The molecule has 0 bridgehead atoms. The first-order valence-electron chi connectivity index (χ1n) is 6.67. The smallest absolute Gasteiger partial charge is 0.175 e. The van der Waals surface area contributed by atoms with E-state index >= 15 is 0 Å². The van der Waals surface area contributed by atoms with Crippen LogP contribution in [0.25, 0.3) is 0 Å². The van der Waals surface area contributed by atoms with E-state index in [2.05, 4.69) is 17.1 Å². The van der Waals surface area contributed by atoms with Crippen LogP contribution in [0.4, 0.5) is 0 Å². The number of hydrogen-bond acceptors (Lipinski definition) is 4. The molecule has 1 atom stereocenters. The van der Waals surface area contributed by atoms with Crippen molar-refractivity contribution in [2.45, 2.75) is 18.4 Å². The van der Waals surface area contributed by atoms with Crippen LogP contribution in [0.2, 0.25) is 0 Å². The topological polar surface area (TPSA) is 49.4 Å². The Labute approximate surface area is 115 Å². The van der Waals surface area contributed by atoms with E-state index < -0.39 is 9.84 Å². The normalized spacial score (nSPS) is 22.1. The van der Waals surface area contributed by atoms with Gasteiger partial charge in [-0.1, -0.05) is 19.1 Å². The summed E-state index contributed by atoms with van der Waals surface area (Å²) in [5, 5.41) is 3.42. The summed E-state index contributed by atoms with van der Waals surface area (Å²) in [6.07, 6.45) is 1.24. The van der Waals surface area contributed by atoms with Crippen molar-refractivity contribution in [1.82, 2.24) is 10.2 Å². The number of sulfone groups is 1. The highest BCUT2D eigenvalue weighted by atomic mass is 32.2. The highest BCUT2D eigenvalue weighted by Gasteiger charge is 2.14. The summed E-state index contributed by atoms with van der Waals surface area (Å²) in [7, 11) is -3.09. The lowest BCUT2D eigenvalue weighted by atomic mass is 10.1. The van der Waals surface area contributed by atoms with Gasteiger partial charge in [0.2, 0.25) is 0 Å². The molecule has 1 heterocycles. The molecule has 1 aromatic carbocycles. The van der Waals surface area contributed by atoms with Gasteiger partial charge >= 0.3 is 0 Å². The van der Waals surface area contributed by atoms with E-state index in [0.717, 1.165) is 32.7 Å². The highest BCUT2D eigenvalue weighted by molar-refractivity contribution is 7.90. The summed E-state index contributed by atoms with van der Waals surface area (Å²) in [6.45, 7) is 7.35. The average molecular weight is 282 g/mol. The fraction of sp³-hybridized carbons (Fsp3) is 0.571. The second kappa shape index (κ2) is 6.03. The summed E-state index contributed by atoms with van der Waals surface area (Å²) in [5.74, 6) is 0.651. The van der Waals surface area contributed by atoms with Crippen molar-refractivity contribution >= 4 is 9.84 Å². The number of benzene rings is 1. The van der Waals surface area contributed by atoms with Crippen LogP contribution in [0.1, 0.15) is 12.5 Å². The van der Waals surface area contributed by atoms with E-state index in [1.54, 1.807) is 12.1 Å². The SMILES string of the molecule is CC1CNCCN(Cc2ccc(S(C)(=O)=O)cc2)C1. The van der Waals surface area contributed by atoms with Gasteiger partial charge in [-0.2, -0.15) is 0 Å². The van der Waals surface area contributed by atoms with Crippen molar-refractivity contribution in [1.29, 1.82) is 0 Å². The van der Waals surface area contributed by atoms with Crippen LogP contribution in [-0.4, -0.2) is 45.8 Å². The van der Waals surface area contributed by atoms with Gasteiger partial charge in [0.15, 0.2) is 9.84 Å². The second-order valence-electron chi connectivity index (χ2n) is 5.46. The van der Waals surface area contributed by atoms with Crippen molar-refractivity contribution in [3.8, 4) is 0 Å². The molecule has 0 aromatic heterocycles. The van der Waals surface area contributed by atoms with E-state index in [-0.39, 0.29) is 0 Å². The minimum atomic E-state index is -3.09. The van der Waals surface area contributed by atoms with Gasteiger partial charge in [-0.3, -0.25) is 4.90 Å². The summed E-state index contributed by atoms with van der Waals surface area (Å²) in [5.41, 5.74) is 1.17. The van der Waals surface area contributed by atoms with Gasteiger partial charge in [0, 0.05) is 32.4 Å². The number of hydrogen-bond donors (Lipinski definition) is 1. The first kappa shape index (κ1) is 14.5. The quantitative estimate of drug-likeness (QED) is 0.903. The van der Waals surface area contributed by atoms with E-state index in [4.69, 9.17) is 0 Å². The Morgan fingerprint density at radius 3 is 2.63 bits per heavy atom. The van der Waals surface area contributed by atoms with Crippen LogP contribution in [-0.2, 0) is 16.4 Å². The summed E-state index contributed by atoms with van der Waals surface area (Å²) in [4.78, 5) is 2.81. The van der Waals surface area contributed by atoms with Gasteiger partial charge < -0.3 is 5.32 Å². The molecule has 0 radical (unpaired) electrons. The van der Waals surface area contributed by atoms with Gasteiger partial charge in [-0.05, 0) is 30.2 Å². The molecular weight excluding hydrogens is 260 g/mol. The number of nitrogens with one attached hydrogen (secondary N) is 1. The molecule has 0 aliphatic carbocycles. The maximum atomic E-state index is 11.4. The lowest BCUT2D eigenvalue weighted by Crippen LogP contribution is -2.28. The maximum absolute atomic E-state index is 11.4. The third kappa shape index (κ3) is 4.30. The maximum Gasteiger partial charge on any atom is 0.175 e. The lowest BCUT2D eigenvalue weighted by molar-refractivity contribution is 0.256. The third-order valence-corrected chi connectivity index (χ3v) is 4.55. The predicted octanol–water partition coefficient (Wildman–Crippen LogP) is 1.13. The highest BCUT2D eigenvalue weighted by Crippen LogP contribution is 2.13. The fourth-order valence-electron chi connectivity index (χ4n) is 2.43. The van der Waals surface area contributed by atoms with Crippen molar-refractivity contribution in [2.24, 2.45) is 5.92 Å². The van der Waals surface area contributed by atoms with Crippen molar-refractivity contribution in [3.05, 3.63) is 29.8 Å². The minimum absolute atomic E-state index is 0.391. The Morgan fingerprint density at radius 1 is 1.32 bits per heavy atom. The molecular formula is C14H22N2O2S. The Bertz CT molecular complexity index is 511. The molecule has 4 nitrogen and oxygen atoms in total. The Balaban J connectivity index is 2.03. The van der Waals surface area contributed by atoms with Crippen LogP contribution in [0.15, 0.2) is 29.2 Å². The molecule has 106 valence electrons. The molecule has 1 saturated heterocycles. The first-order valence-corrected chi connectivity index (χ1v) is 8.56. The van der Waals surface area contributed by atoms with Gasteiger partial charge in [0.1, 0.15) is 0 Å². The predicted molar refractivity (Wildman–Crippen MR) is 76.9 cm³/mol. The first-order chi connectivity index (χ1) is 8.95. The van der Waals surface area contributed by atoms with Crippen molar-refractivity contribution in [2.75, 3.05) is 32.4 Å². The van der Waals surface area contributed by atoms with Gasteiger partial charge in [0.05, 0.1) is 4.90 Å². The molecule has 1 fully saturated rings. The molecule has 1 N–H and O–H groups in total. The van der Waals surface area contributed by atoms with Crippen LogP contribution in [0.5, 0.6) is 0 Å². The lowest BCUT2D eigenvalue weighted by Gasteiger charge is -2.21. The molecule has 0 amide bonds. The minimum Gasteiger partial charge on any atom is -0.315 e. The van der Waals surface area contributed by atoms with Crippen LogP contribution in [0, 0.1) is 5.92 Å². The van der Waals surface area contributed by atoms with Crippen molar-refractivity contribution < 1.29 is 8.42 Å². The fourth-order valence-corrected chi connectivity index (χ4v) is 3.06. The van der Waals surface area contributed by atoms with Gasteiger partial charge in [-0.25, -0.2) is 8.42 Å². The molecule has 1 unspecified atom stereocenters. The van der Waals surface area contributed by atoms with Crippen molar-refractivity contribution in [3.63, 3.8) is 0 Å². The van der Waals surface area contributed by atoms with Gasteiger partial charge in [0.25, 0.3) is 0 Å².